The highest BCUT2D eigenvalue weighted by molar-refractivity contribution is 5.31. The first kappa shape index (κ1) is 22.9. The van der Waals surface area contributed by atoms with Crippen molar-refractivity contribution in [1.82, 2.24) is 0 Å². The molecule has 0 aliphatic carbocycles. The van der Waals surface area contributed by atoms with Gasteiger partial charge in [-0.2, -0.15) is 0 Å². The van der Waals surface area contributed by atoms with Crippen molar-refractivity contribution >= 4 is 0 Å². The fourth-order valence-corrected chi connectivity index (χ4v) is 3.34. The molecule has 0 saturated heterocycles. The standard InChI is InChI=1S/C24H42O2/c1-3-4-5-6-7-8-9-10-11-12-13-14-15-16-17-22-26-24-20-18-23(25-2)19-21-24/h18-21H,3-17,22H2,1-2H3. The summed E-state index contributed by atoms with van der Waals surface area (Å²) in [5, 5.41) is 0. The molecule has 0 bridgehead atoms. The smallest absolute Gasteiger partial charge is 0.119 e. The minimum absolute atomic E-state index is 0.824. The lowest BCUT2D eigenvalue weighted by molar-refractivity contribution is 0.303. The largest absolute Gasteiger partial charge is 0.497 e. The molecular weight excluding hydrogens is 320 g/mol. The quantitative estimate of drug-likeness (QED) is 0.247. The third-order valence-electron chi connectivity index (χ3n) is 5.08. The van der Waals surface area contributed by atoms with Crippen molar-refractivity contribution in [2.75, 3.05) is 13.7 Å². The molecule has 1 aromatic carbocycles. The summed E-state index contributed by atoms with van der Waals surface area (Å²) < 4.78 is 10.9. The van der Waals surface area contributed by atoms with Gasteiger partial charge in [-0.15, -0.1) is 0 Å². The van der Waals surface area contributed by atoms with E-state index < -0.39 is 0 Å². The lowest BCUT2D eigenvalue weighted by atomic mass is 10.0. The zero-order chi connectivity index (χ0) is 18.7. The Hall–Kier alpha value is -1.18. The molecule has 0 fully saturated rings. The van der Waals surface area contributed by atoms with Crippen molar-refractivity contribution in [3.05, 3.63) is 24.3 Å². The van der Waals surface area contributed by atoms with E-state index in [2.05, 4.69) is 6.92 Å². The van der Waals surface area contributed by atoms with E-state index in [0.29, 0.717) is 0 Å². The van der Waals surface area contributed by atoms with Crippen LogP contribution < -0.4 is 9.47 Å². The molecule has 2 heteroatoms. The lowest BCUT2D eigenvalue weighted by Gasteiger charge is -2.07. The Labute approximate surface area is 162 Å². The van der Waals surface area contributed by atoms with Crippen LogP contribution in [0.15, 0.2) is 24.3 Å². The Bertz CT molecular complexity index is 399. The number of unbranched alkanes of at least 4 members (excludes halogenated alkanes) is 14. The molecule has 150 valence electrons. The molecule has 0 aliphatic rings. The van der Waals surface area contributed by atoms with E-state index in [0.717, 1.165) is 24.5 Å². The van der Waals surface area contributed by atoms with Crippen LogP contribution in [0.5, 0.6) is 11.5 Å². The molecule has 0 aliphatic heterocycles. The van der Waals surface area contributed by atoms with Gasteiger partial charge in [-0.3, -0.25) is 0 Å². The van der Waals surface area contributed by atoms with E-state index >= 15 is 0 Å². The van der Waals surface area contributed by atoms with Crippen LogP contribution in [0.1, 0.15) is 103 Å². The monoisotopic (exact) mass is 362 g/mol. The van der Waals surface area contributed by atoms with Gasteiger partial charge in [0.05, 0.1) is 13.7 Å². The number of rotatable bonds is 18. The summed E-state index contributed by atoms with van der Waals surface area (Å²) in [4.78, 5) is 0. The summed E-state index contributed by atoms with van der Waals surface area (Å²) in [6.45, 7) is 3.11. The molecule has 0 aromatic heterocycles. The van der Waals surface area contributed by atoms with Gasteiger partial charge in [0.15, 0.2) is 0 Å². The van der Waals surface area contributed by atoms with E-state index in [9.17, 15) is 0 Å². The van der Waals surface area contributed by atoms with Crippen molar-refractivity contribution in [1.29, 1.82) is 0 Å². The summed E-state index contributed by atoms with van der Waals surface area (Å²) in [7, 11) is 1.69. The summed E-state index contributed by atoms with van der Waals surface area (Å²) in [6.07, 6.45) is 21.0. The average Bonchev–Trinajstić information content (AvgIpc) is 2.68. The van der Waals surface area contributed by atoms with Gasteiger partial charge in [0.25, 0.3) is 0 Å². The maximum Gasteiger partial charge on any atom is 0.119 e. The van der Waals surface area contributed by atoms with Crippen LogP contribution in [0.2, 0.25) is 0 Å². The summed E-state index contributed by atoms with van der Waals surface area (Å²) in [6, 6.07) is 7.84. The van der Waals surface area contributed by atoms with Gasteiger partial charge in [0.1, 0.15) is 11.5 Å². The minimum Gasteiger partial charge on any atom is -0.497 e. The number of ether oxygens (including phenoxy) is 2. The van der Waals surface area contributed by atoms with Gasteiger partial charge >= 0.3 is 0 Å². The molecule has 1 aromatic rings. The molecule has 0 N–H and O–H groups in total. The van der Waals surface area contributed by atoms with E-state index in [1.54, 1.807) is 7.11 Å². The third kappa shape index (κ3) is 13.1. The van der Waals surface area contributed by atoms with Gasteiger partial charge in [-0.1, -0.05) is 96.8 Å². The van der Waals surface area contributed by atoms with Crippen LogP contribution in [-0.2, 0) is 0 Å². The minimum atomic E-state index is 0.824. The molecule has 2 nitrogen and oxygen atoms in total. The second kappa shape index (κ2) is 17.2. The van der Waals surface area contributed by atoms with Crippen molar-refractivity contribution < 1.29 is 9.47 Å². The van der Waals surface area contributed by atoms with Crippen LogP contribution in [0.25, 0.3) is 0 Å². The van der Waals surface area contributed by atoms with Gasteiger partial charge in [-0.25, -0.2) is 0 Å². The van der Waals surface area contributed by atoms with Crippen molar-refractivity contribution in [2.45, 2.75) is 103 Å². The first-order chi connectivity index (χ1) is 12.9. The van der Waals surface area contributed by atoms with Gasteiger partial charge < -0.3 is 9.47 Å². The van der Waals surface area contributed by atoms with Crippen molar-refractivity contribution in [3.63, 3.8) is 0 Å². The maximum atomic E-state index is 5.76. The summed E-state index contributed by atoms with van der Waals surface area (Å²) in [5.74, 6) is 1.82. The van der Waals surface area contributed by atoms with Crippen molar-refractivity contribution in [2.24, 2.45) is 0 Å². The Balaban J connectivity index is 1.76. The third-order valence-corrected chi connectivity index (χ3v) is 5.08. The SMILES string of the molecule is CCCCCCCCCCCCCCCCCOc1ccc(OC)cc1. The van der Waals surface area contributed by atoms with Gasteiger partial charge in [0.2, 0.25) is 0 Å². The number of benzene rings is 1. The lowest BCUT2D eigenvalue weighted by Crippen LogP contribution is -1.97. The molecule has 26 heavy (non-hydrogen) atoms. The second-order valence-electron chi connectivity index (χ2n) is 7.47. The molecule has 0 spiro atoms. The maximum absolute atomic E-state index is 5.76. The molecule has 1 rings (SSSR count). The molecule has 0 amide bonds. The fraction of sp³-hybridized carbons (Fsp3) is 0.750. The fourth-order valence-electron chi connectivity index (χ4n) is 3.34. The summed E-state index contributed by atoms with van der Waals surface area (Å²) in [5.41, 5.74) is 0. The Kier molecular flexibility index (Phi) is 15.2. The highest BCUT2D eigenvalue weighted by Gasteiger charge is 1.97. The topological polar surface area (TPSA) is 18.5 Å². The van der Waals surface area contributed by atoms with E-state index in [-0.39, 0.29) is 0 Å². The van der Waals surface area contributed by atoms with Gasteiger partial charge in [-0.05, 0) is 30.7 Å². The van der Waals surface area contributed by atoms with Crippen molar-refractivity contribution in [3.8, 4) is 11.5 Å². The molecular formula is C24H42O2. The van der Waals surface area contributed by atoms with Crippen LogP contribution in [0.4, 0.5) is 0 Å². The highest BCUT2D eigenvalue weighted by Crippen LogP contribution is 2.17. The van der Waals surface area contributed by atoms with Crippen LogP contribution >= 0.6 is 0 Å². The first-order valence-electron chi connectivity index (χ1n) is 11.1. The number of hydrogen-bond donors (Lipinski definition) is 0. The highest BCUT2D eigenvalue weighted by atomic mass is 16.5. The molecule has 0 atom stereocenters. The molecule has 0 saturated carbocycles. The molecule has 0 heterocycles. The van der Waals surface area contributed by atoms with E-state index in [4.69, 9.17) is 9.47 Å². The number of hydrogen-bond acceptors (Lipinski definition) is 2. The predicted octanol–water partition coefficient (Wildman–Crippen LogP) is 7.95. The Morgan fingerprint density at radius 1 is 0.538 bits per heavy atom. The van der Waals surface area contributed by atoms with Crippen LogP contribution in [0, 0.1) is 0 Å². The normalized spacial score (nSPS) is 10.8. The first-order valence-corrected chi connectivity index (χ1v) is 11.1. The Morgan fingerprint density at radius 3 is 1.35 bits per heavy atom. The zero-order valence-electron chi connectivity index (χ0n) is 17.4. The predicted molar refractivity (Wildman–Crippen MR) is 113 cm³/mol. The van der Waals surface area contributed by atoms with Crippen LogP contribution in [-0.4, -0.2) is 13.7 Å². The van der Waals surface area contributed by atoms with E-state index in [1.807, 2.05) is 24.3 Å². The summed E-state index contributed by atoms with van der Waals surface area (Å²) >= 11 is 0. The second-order valence-corrected chi connectivity index (χ2v) is 7.47. The Morgan fingerprint density at radius 2 is 0.923 bits per heavy atom. The average molecular weight is 363 g/mol. The zero-order valence-corrected chi connectivity index (χ0v) is 17.4. The number of methoxy groups -OCH3 is 1. The molecule has 0 radical (unpaired) electrons. The molecule has 0 unspecified atom stereocenters. The van der Waals surface area contributed by atoms with Crippen LogP contribution in [0.3, 0.4) is 0 Å². The van der Waals surface area contributed by atoms with E-state index in [1.165, 1.54) is 89.9 Å². The van der Waals surface area contributed by atoms with Gasteiger partial charge in [0, 0.05) is 0 Å².